The standard InChI is InChI=1S/C25H30FN3O5/c1-32-18-7-8-21(23(15-18)33-2)25(31)28-11-9-27(10-12-28)16-19-17-29(13-14-34-19)24(30)20-5-3-4-6-22(20)26/h3-8,15,19H,9-14,16-17H2,1-2H3. The van der Waals surface area contributed by atoms with Crippen molar-refractivity contribution in [3.63, 3.8) is 0 Å². The van der Waals surface area contributed by atoms with E-state index in [0.717, 1.165) is 0 Å². The van der Waals surface area contributed by atoms with Gasteiger partial charge in [0.25, 0.3) is 11.8 Å². The van der Waals surface area contributed by atoms with Crippen LogP contribution in [-0.4, -0.2) is 99.3 Å². The van der Waals surface area contributed by atoms with Crippen molar-refractivity contribution < 1.29 is 28.2 Å². The Labute approximate surface area is 198 Å². The molecule has 0 spiro atoms. The lowest BCUT2D eigenvalue weighted by molar-refractivity contribution is -0.0401. The number of carbonyl (C=O) groups excluding carboxylic acids is 2. The van der Waals surface area contributed by atoms with Crippen LogP contribution >= 0.6 is 0 Å². The molecular formula is C25H30FN3O5. The molecule has 0 N–H and O–H groups in total. The second-order valence-corrected chi connectivity index (χ2v) is 8.38. The molecule has 2 amide bonds. The van der Waals surface area contributed by atoms with E-state index in [-0.39, 0.29) is 23.5 Å². The molecule has 2 fully saturated rings. The van der Waals surface area contributed by atoms with E-state index >= 15 is 0 Å². The lowest BCUT2D eigenvalue weighted by atomic mass is 10.1. The number of halogens is 1. The average molecular weight is 472 g/mol. The summed E-state index contributed by atoms with van der Waals surface area (Å²) >= 11 is 0. The molecular weight excluding hydrogens is 441 g/mol. The minimum Gasteiger partial charge on any atom is -0.497 e. The van der Waals surface area contributed by atoms with Crippen LogP contribution in [0.25, 0.3) is 0 Å². The second-order valence-electron chi connectivity index (χ2n) is 8.38. The summed E-state index contributed by atoms with van der Waals surface area (Å²) in [7, 11) is 3.11. The van der Waals surface area contributed by atoms with Crippen molar-refractivity contribution in [2.45, 2.75) is 6.10 Å². The molecule has 0 aliphatic carbocycles. The molecule has 2 heterocycles. The fraction of sp³-hybridized carbons (Fsp3) is 0.440. The minimum atomic E-state index is -0.509. The molecule has 4 rings (SSSR count). The van der Waals surface area contributed by atoms with Crippen LogP contribution in [-0.2, 0) is 4.74 Å². The van der Waals surface area contributed by atoms with Crippen molar-refractivity contribution in [1.82, 2.24) is 14.7 Å². The van der Waals surface area contributed by atoms with Crippen LogP contribution in [0.5, 0.6) is 11.5 Å². The van der Waals surface area contributed by atoms with Crippen LogP contribution in [0.4, 0.5) is 4.39 Å². The Kier molecular flexibility index (Phi) is 7.64. The zero-order valence-electron chi connectivity index (χ0n) is 19.5. The summed E-state index contributed by atoms with van der Waals surface area (Å²) in [5, 5.41) is 0. The summed E-state index contributed by atoms with van der Waals surface area (Å²) in [6, 6.07) is 11.2. The van der Waals surface area contributed by atoms with Gasteiger partial charge in [0.05, 0.1) is 38.1 Å². The molecule has 0 bridgehead atoms. The van der Waals surface area contributed by atoms with Gasteiger partial charge < -0.3 is 24.0 Å². The van der Waals surface area contributed by atoms with Gasteiger partial charge in [0.1, 0.15) is 17.3 Å². The van der Waals surface area contributed by atoms with E-state index < -0.39 is 5.82 Å². The van der Waals surface area contributed by atoms with Gasteiger partial charge in [0.2, 0.25) is 0 Å². The summed E-state index contributed by atoms with van der Waals surface area (Å²) in [6.07, 6.45) is -0.159. The van der Waals surface area contributed by atoms with E-state index in [4.69, 9.17) is 14.2 Å². The smallest absolute Gasteiger partial charge is 0.257 e. The number of piperazine rings is 1. The van der Waals surface area contributed by atoms with Crippen LogP contribution in [0.3, 0.4) is 0 Å². The Bertz CT molecular complexity index is 1030. The Hall–Kier alpha value is -3.17. The number of hydrogen-bond acceptors (Lipinski definition) is 6. The zero-order valence-corrected chi connectivity index (χ0v) is 19.5. The van der Waals surface area contributed by atoms with Crippen LogP contribution in [0.1, 0.15) is 20.7 Å². The van der Waals surface area contributed by atoms with E-state index in [2.05, 4.69) is 4.90 Å². The summed E-state index contributed by atoms with van der Waals surface area (Å²) in [4.78, 5) is 31.5. The summed E-state index contributed by atoms with van der Waals surface area (Å²) < 4.78 is 30.5. The molecule has 2 aliphatic heterocycles. The predicted molar refractivity (Wildman–Crippen MR) is 124 cm³/mol. The highest BCUT2D eigenvalue weighted by molar-refractivity contribution is 5.97. The Morgan fingerprint density at radius 1 is 0.941 bits per heavy atom. The quantitative estimate of drug-likeness (QED) is 0.643. The highest BCUT2D eigenvalue weighted by Gasteiger charge is 2.30. The molecule has 34 heavy (non-hydrogen) atoms. The van der Waals surface area contributed by atoms with Gasteiger partial charge in [-0.05, 0) is 24.3 Å². The van der Waals surface area contributed by atoms with Crippen molar-refractivity contribution in [2.75, 3.05) is 66.6 Å². The molecule has 2 saturated heterocycles. The number of carbonyl (C=O) groups is 2. The molecule has 9 heteroatoms. The molecule has 1 atom stereocenters. The van der Waals surface area contributed by atoms with E-state index in [0.29, 0.717) is 69.5 Å². The third-order valence-corrected chi connectivity index (χ3v) is 6.29. The zero-order chi connectivity index (χ0) is 24.1. The van der Waals surface area contributed by atoms with Crippen molar-refractivity contribution in [1.29, 1.82) is 0 Å². The van der Waals surface area contributed by atoms with Crippen molar-refractivity contribution >= 4 is 11.8 Å². The highest BCUT2D eigenvalue weighted by Crippen LogP contribution is 2.26. The lowest BCUT2D eigenvalue weighted by Crippen LogP contribution is -2.54. The molecule has 0 saturated carbocycles. The number of amides is 2. The van der Waals surface area contributed by atoms with Gasteiger partial charge in [-0.3, -0.25) is 14.5 Å². The van der Waals surface area contributed by atoms with Gasteiger partial charge in [0.15, 0.2) is 0 Å². The first kappa shape index (κ1) is 24.0. The van der Waals surface area contributed by atoms with E-state index in [9.17, 15) is 14.0 Å². The number of morpholine rings is 1. The second kappa shape index (κ2) is 10.8. The third kappa shape index (κ3) is 5.31. The van der Waals surface area contributed by atoms with Crippen LogP contribution in [0.15, 0.2) is 42.5 Å². The summed E-state index contributed by atoms with van der Waals surface area (Å²) in [5.41, 5.74) is 0.596. The Morgan fingerprint density at radius 2 is 1.68 bits per heavy atom. The summed E-state index contributed by atoms with van der Waals surface area (Å²) in [5.74, 6) is 0.227. The van der Waals surface area contributed by atoms with E-state index in [1.165, 1.54) is 19.2 Å². The van der Waals surface area contributed by atoms with Crippen LogP contribution in [0, 0.1) is 5.82 Å². The van der Waals surface area contributed by atoms with Gasteiger partial charge in [-0.2, -0.15) is 0 Å². The largest absolute Gasteiger partial charge is 0.497 e. The molecule has 2 aromatic carbocycles. The number of rotatable bonds is 6. The summed E-state index contributed by atoms with van der Waals surface area (Å²) in [6.45, 7) is 4.48. The van der Waals surface area contributed by atoms with Crippen molar-refractivity contribution in [2.24, 2.45) is 0 Å². The van der Waals surface area contributed by atoms with Gasteiger partial charge in [-0.15, -0.1) is 0 Å². The molecule has 1 unspecified atom stereocenters. The molecule has 2 aromatic rings. The van der Waals surface area contributed by atoms with Crippen molar-refractivity contribution in [3.8, 4) is 11.5 Å². The maximum atomic E-state index is 14.0. The first-order valence-electron chi connectivity index (χ1n) is 11.4. The predicted octanol–water partition coefficient (Wildman–Crippen LogP) is 2.14. The lowest BCUT2D eigenvalue weighted by Gasteiger charge is -2.39. The molecule has 2 aliphatic rings. The number of ether oxygens (including phenoxy) is 3. The highest BCUT2D eigenvalue weighted by atomic mass is 19.1. The maximum Gasteiger partial charge on any atom is 0.257 e. The van der Waals surface area contributed by atoms with Crippen LogP contribution < -0.4 is 9.47 Å². The first-order valence-corrected chi connectivity index (χ1v) is 11.4. The number of hydrogen-bond donors (Lipinski definition) is 0. The minimum absolute atomic E-state index is 0.0743. The third-order valence-electron chi connectivity index (χ3n) is 6.29. The Balaban J connectivity index is 1.30. The molecule has 0 radical (unpaired) electrons. The SMILES string of the molecule is COc1ccc(C(=O)N2CCN(CC3CN(C(=O)c4ccccc4F)CCO3)CC2)c(OC)c1. The van der Waals surface area contributed by atoms with E-state index in [1.54, 1.807) is 42.3 Å². The fourth-order valence-electron chi connectivity index (χ4n) is 4.39. The number of benzene rings is 2. The fourth-order valence-corrected chi connectivity index (χ4v) is 4.39. The maximum absolute atomic E-state index is 14.0. The van der Waals surface area contributed by atoms with E-state index in [1.807, 2.05) is 4.90 Å². The first-order chi connectivity index (χ1) is 16.5. The van der Waals surface area contributed by atoms with Crippen LogP contribution in [0.2, 0.25) is 0 Å². The molecule has 0 aromatic heterocycles. The number of nitrogens with zero attached hydrogens (tertiary/aromatic N) is 3. The van der Waals surface area contributed by atoms with Gasteiger partial charge >= 0.3 is 0 Å². The van der Waals surface area contributed by atoms with Gasteiger partial charge in [-0.1, -0.05) is 12.1 Å². The monoisotopic (exact) mass is 471 g/mol. The number of methoxy groups -OCH3 is 2. The Morgan fingerprint density at radius 3 is 2.38 bits per heavy atom. The average Bonchev–Trinajstić information content (AvgIpc) is 2.88. The van der Waals surface area contributed by atoms with Gasteiger partial charge in [0, 0.05) is 51.9 Å². The normalized spacial score (nSPS) is 19.1. The molecule has 182 valence electrons. The van der Waals surface area contributed by atoms with Gasteiger partial charge in [-0.25, -0.2) is 4.39 Å². The topological polar surface area (TPSA) is 71.6 Å². The van der Waals surface area contributed by atoms with Crippen molar-refractivity contribution in [3.05, 3.63) is 59.4 Å². The molecule has 8 nitrogen and oxygen atoms in total.